The molecule has 0 atom stereocenters. The first-order valence-electron chi connectivity index (χ1n) is 15.9. The number of nitrogens with one attached hydrogen (secondary N) is 1. The maximum absolute atomic E-state index is 14.3. The Bertz CT molecular complexity index is 1390. The standard InChI is InChI=1S/C25H29FN2O2.C11H18N2O2.C2H6/c1-6-8-25(19(4)16-21-10-9-18(3)15-24(21)26)27-20(5)28(17-29)22-11-13-23(14-12-22)30-7-2;1-3-4-5-6-7-10(2)8-11(13-15)12-9-14;1-2/h7,9-15,17H,2,6,8,16H2,1,3-5H3;3-4,7,9,15H,5-6,8H2,1-2H3,(H,12,13,14);1-2H3/b25-19+,27-20?;4-3-,10-7-;. The molecule has 0 bridgehead atoms. The lowest BCUT2D eigenvalue weighted by Crippen LogP contribution is -2.27. The van der Waals surface area contributed by atoms with Gasteiger partial charge in [0.2, 0.25) is 12.8 Å². The van der Waals surface area contributed by atoms with E-state index >= 15 is 0 Å². The number of amidine groups is 2. The molecule has 2 N–H and O–H groups in total. The molecule has 256 valence electrons. The van der Waals surface area contributed by atoms with Crippen molar-refractivity contribution in [1.29, 1.82) is 0 Å². The molecule has 2 aromatic carbocycles. The number of carbonyl (C=O) groups excluding carboxylic acids is 2. The molecule has 0 aliphatic heterocycles. The summed E-state index contributed by atoms with van der Waals surface area (Å²) in [7, 11) is 0. The van der Waals surface area contributed by atoms with Crippen molar-refractivity contribution in [3.63, 3.8) is 0 Å². The third kappa shape index (κ3) is 16.9. The zero-order chi connectivity index (χ0) is 35.6. The first-order valence-corrected chi connectivity index (χ1v) is 15.9. The van der Waals surface area contributed by atoms with E-state index in [1.54, 1.807) is 37.3 Å². The average molecular weight is 649 g/mol. The van der Waals surface area contributed by atoms with Crippen molar-refractivity contribution in [2.75, 3.05) is 4.90 Å². The molecular weight excluding hydrogens is 595 g/mol. The lowest BCUT2D eigenvalue weighted by atomic mass is 10.0. The SMILES string of the molecule is C/C=C\CC/C=C(/C)C/C(=N/O)NC=O.C=COc1ccc(N(C=O)C(C)=N/C(CCC)=C(\C)Cc2ccc(C)cc2F)cc1.CC. The van der Waals surface area contributed by atoms with Gasteiger partial charge in [-0.1, -0.05) is 74.9 Å². The molecule has 0 saturated heterocycles. The van der Waals surface area contributed by atoms with Gasteiger partial charge in [0.25, 0.3) is 0 Å². The summed E-state index contributed by atoms with van der Waals surface area (Å²) >= 11 is 0. The Kier molecular flexibility index (Phi) is 22.8. The van der Waals surface area contributed by atoms with Crippen LogP contribution in [0.2, 0.25) is 0 Å². The quantitative estimate of drug-likeness (QED) is 0.0293. The van der Waals surface area contributed by atoms with Crippen LogP contribution in [0.3, 0.4) is 0 Å². The molecule has 2 rings (SSSR count). The number of oxime groups is 1. The van der Waals surface area contributed by atoms with E-state index < -0.39 is 0 Å². The molecule has 2 aromatic rings. The van der Waals surface area contributed by atoms with Gasteiger partial charge in [-0.3, -0.25) is 14.5 Å². The normalized spacial score (nSPS) is 12.1. The zero-order valence-electron chi connectivity index (χ0n) is 29.3. The minimum atomic E-state index is -0.206. The number of rotatable bonds is 15. The Morgan fingerprint density at radius 1 is 1.09 bits per heavy atom. The number of hydrogen-bond acceptors (Lipinski definition) is 6. The average Bonchev–Trinajstić information content (AvgIpc) is 3.06. The summed E-state index contributed by atoms with van der Waals surface area (Å²) in [5.74, 6) is 1.25. The van der Waals surface area contributed by atoms with E-state index in [0.29, 0.717) is 42.1 Å². The number of carbonyl (C=O) groups is 2. The van der Waals surface area contributed by atoms with E-state index in [-0.39, 0.29) is 11.7 Å². The maximum atomic E-state index is 14.3. The molecule has 0 aliphatic rings. The van der Waals surface area contributed by atoms with Crippen molar-refractivity contribution < 1.29 is 23.9 Å². The summed E-state index contributed by atoms with van der Waals surface area (Å²) < 4.78 is 19.5. The number of ether oxygens (including phenoxy) is 1. The fourth-order valence-electron chi connectivity index (χ4n) is 4.25. The van der Waals surface area contributed by atoms with Gasteiger partial charge in [0.15, 0.2) is 5.84 Å². The topological polar surface area (TPSA) is 104 Å². The number of unbranched alkanes of at least 4 members (excludes halogenated alkanes) is 1. The highest BCUT2D eigenvalue weighted by atomic mass is 19.1. The molecule has 47 heavy (non-hydrogen) atoms. The first kappa shape index (κ1) is 42.2. The van der Waals surface area contributed by atoms with Crippen LogP contribution in [-0.4, -0.2) is 29.7 Å². The van der Waals surface area contributed by atoms with Crippen molar-refractivity contribution in [2.24, 2.45) is 10.1 Å². The predicted octanol–water partition coefficient (Wildman–Crippen LogP) is 9.59. The minimum Gasteiger partial charge on any atom is -0.466 e. The van der Waals surface area contributed by atoms with Gasteiger partial charge in [-0.05, 0) is 107 Å². The molecule has 0 radical (unpaired) electrons. The Labute approximate surface area is 281 Å². The summed E-state index contributed by atoms with van der Waals surface area (Å²) in [4.78, 5) is 28.1. The first-order chi connectivity index (χ1) is 22.6. The Morgan fingerprint density at radius 3 is 2.30 bits per heavy atom. The number of aryl methyl sites for hydroxylation is 1. The number of benzene rings is 2. The van der Waals surface area contributed by atoms with Gasteiger partial charge in [-0.2, -0.15) is 0 Å². The highest BCUT2D eigenvalue weighted by Crippen LogP contribution is 2.23. The second-order valence-electron chi connectivity index (χ2n) is 10.3. The molecule has 0 aromatic heterocycles. The van der Waals surface area contributed by atoms with Crippen LogP contribution in [0.5, 0.6) is 5.75 Å². The zero-order valence-corrected chi connectivity index (χ0v) is 29.3. The van der Waals surface area contributed by atoms with E-state index in [2.05, 4.69) is 36.1 Å². The summed E-state index contributed by atoms with van der Waals surface area (Å²) in [6, 6.07) is 12.4. The lowest BCUT2D eigenvalue weighted by molar-refractivity contribution is -0.108. The summed E-state index contributed by atoms with van der Waals surface area (Å²) in [5.41, 5.74) is 5.15. The van der Waals surface area contributed by atoms with Gasteiger partial charge in [0.05, 0.1) is 11.9 Å². The molecule has 0 aliphatic carbocycles. The molecule has 9 heteroatoms. The fraction of sp³-hybridized carbons (Fsp3) is 0.368. The molecule has 0 unspecified atom stereocenters. The van der Waals surface area contributed by atoms with E-state index in [4.69, 9.17) is 14.9 Å². The predicted molar refractivity (Wildman–Crippen MR) is 194 cm³/mol. The number of halogens is 1. The van der Waals surface area contributed by atoms with Crippen LogP contribution in [0.4, 0.5) is 10.1 Å². The summed E-state index contributed by atoms with van der Waals surface area (Å²) in [6.45, 7) is 19.1. The van der Waals surface area contributed by atoms with Crippen molar-refractivity contribution in [2.45, 2.75) is 93.9 Å². The highest BCUT2D eigenvalue weighted by molar-refractivity contribution is 6.09. The van der Waals surface area contributed by atoms with Gasteiger partial charge in [0.1, 0.15) is 17.4 Å². The van der Waals surface area contributed by atoms with Crippen molar-refractivity contribution in [3.05, 3.63) is 107 Å². The van der Waals surface area contributed by atoms with Gasteiger partial charge in [-0.15, -0.1) is 0 Å². The van der Waals surface area contributed by atoms with Crippen LogP contribution in [0, 0.1) is 12.7 Å². The second kappa shape index (κ2) is 25.4. The number of allylic oxidation sites excluding steroid dienone is 5. The van der Waals surface area contributed by atoms with Gasteiger partial charge in [-0.25, -0.2) is 9.38 Å². The van der Waals surface area contributed by atoms with Crippen LogP contribution in [0.15, 0.2) is 101 Å². The largest absolute Gasteiger partial charge is 0.466 e. The number of anilines is 1. The van der Waals surface area contributed by atoms with Crippen molar-refractivity contribution in [1.82, 2.24) is 5.32 Å². The van der Waals surface area contributed by atoms with Crippen LogP contribution in [-0.2, 0) is 16.0 Å². The van der Waals surface area contributed by atoms with Crippen molar-refractivity contribution in [3.8, 4) is 5.75 Å². The fourth-order valence-corrected chi connectivity index (χ4v) is 4.25. The Balaban J connectivity index is 0.00000105. The molecule has 0 spiro atoms. The third-order valence-electron chi connectivity index (χ3n) is 6.58. The van der Waals surface area contributed by atoms with Crippen LogP contribution in [0.1, 0.15) is 91.7 Å². The molecule has 0 heterocycles. The van der Waals surface area contributed by atoms with E-state index in [1.807, 2.05) is 59.8 Å². The Hall–Kier alpha value is -4.79. The molecule has 2 amide bonds. The van der Waals surface area contributed by atoms with E-state index in [0.717, 1.165) is 54.5 Å². The van der Waals surface area contributed by atoms with Gasteiger partial charge in [0, 0.05) is 12.1 Å². The van der Waals surface area contributed by atoms with Crippen molar-refractivity contribution >= 4 is 30.2 Å². The molecule has 0 fully saturated rings. The number of aliphatic imine (C=N–C) groups is 1. The molecule has 8 nitrogen and oxygen atoms in total. The monoisotopic (exact) mass is 648 g/mol. The number of amides is 2. The van der Waals surface area contributed by atoms with E-state index in [1.165, 1.54) is 11.2 Å². The minimum absolute atomic E-state index is 0.206. The van der Waals surface area contributed by atoms with Crippen LogP contribution in [0.25, 0.3) is 0 Å². The molecule has 0 saturated carbocycles. The number of hydrogen-bond donors (Lipinski definition) is 2. The molecular formula is C38H53FN4O4. The summed E-state index contributed by atoms with van der Waals surface area (Å²) in [6.07, 6.45) is 13.3. The highest BCUT2D eigenvalue weighted by Gasteiger charge is 2.12. The van der Waals surface area contributed by atoms with Gasteiger partial charge < -0.3 is 15.3 Å². The Morgan fingerprint density at radius 2 is 1.77 bits per heavy atom. The third-order valence-corrected chi connectivity index (χ3v) is 6.58. The summed E-state index contributed by atoms with van der Waals surface area (Å²) in [5, 5.41) is 13.9. The second-order valence-corrected chi connectivity index (χ2v) is 10.3. The van der Waals surface area contributed by atoms with Gasteiger partial charge >= 0.3 is 0 Å². The van der Waals surface area contributed by atoms with Crippen LogP contribution >= 0.6 is 0 Å². The lowest BCUT2D eigenvalue weighted by Gasteiger charge is -2.18. The smallest absolute Gasteiger partial charge is 0.219 e. The number of nitrogens with zero attached hydrogens (tertiary/aromatic N) is 3. The van der Waals surface area contributed by atoms with Crippen LogP contribution < -0.4 is 15.0 Å². The van der Waals surface area contributed by atoms with E-state index in [9.17, 15) is 14.0 Å². The maximum Gasteiger partial charge on any atom is 0.219 e.